The van der Waals surface area contributed by atoms with Crippen LogP contribution in [0.4, 0.5) is 0 Å². The zero-order valence-electron chi connectivity index (χ0n) is 9.68. The molecule has 0 bridgehead atoms. The van der Waals surface area contributed by atoms with Gasteiger partial charge in [-0.05, 0) is 0 Å². The van der Waals surface area contributed by atoms with Crippen LogP contribution in [0.2, 0.25) is 10.0 Å². The van der Waals surface area contributed by atoms with E-state index in [0.29, 0.717) is 21.4 Å². The molecule has 18 heavy (non-hydrogen) atoms. The van der Waals surface area contributed by atoms with Crippen molar-refractivity contribution in [1.82, 2.24) is 4.57 Å². The van der Waals surface area contributed by atoms with E-state index in [0.717, 1.165) is 5.52 Å². The molecule has 0 saturated carbocycles. The topological polar surface area (TPSA) is 63.2 Å². The highest BCUT2D eigenvalue weighted by Gasteiger charge is 2.24. The molecule has 2 rings (SSSR count). The zero-order valence-corrected chi connectivity index (χ0v) is 12.0. The summed E-state index contributed by atoms with van der Waals surface area (Å²) in [7, 11) is -2.35. The summed E-state index contributed by atoms with van der Waals surface area (Å²) >= 11 is 11.9. The van der Waals surface area contributed by atoms with Crippen molar-refractivity contribution in [2.75, 3.05) is 0 Å². The van der Waals surface area contributed by atoms with Crippen LogP contribution < -0.4 is 4.57 Å². The minimum Gasteiger partial charge on any atom is -0.283 e. The molecule has 0 amide bonds. The smallest absolute Gasteiger partial charge is 0.283 e. The van der Waals surface area contributed by atoms with Crippen LogP contribution >= 0.6 is 23.2 Å². The molecular formula is C10H11Cl2N2O3S+. The van der Waals surface area contributed by atoms with Crippen molar-refractivity contribution in [2.45, 2.75) is 12.8 Å². The molecule has 0 spiro atoms. The Morgan fingerprint density at radius 1 is 1.33 bits per heavy atom. The highest BCUT2D eigenvalue weighted by Crippen LogP contribution is 2.27. The first-order valence-corrected chi connectivity index (χ1v) is 7.36. The first-order valence-electron chi connectivity index (χ1n) is 5.00. The Morgan fingerprint density at radius 2 is 1.89 bits per heavy atom. The van der Waals surface area contributed by atoms with Gasteiger partial charge >= 0.3 is 10.1 Å². The van der Waals surface area contributed by atoms with Gasteiger partial charge < -0.3 is 0 Å². The second-order valence-electron chi connectivity index (χ2n) is 4.00. The molecule has 5 nitrogen and oxygen atoms in total. The highest BCUT2D eigenvalue weighted by molar-refractivity contribution is 7.84. The van der Waals surface area contributed by atoms with Crippen molar-refractivity contribution in [3.63, 3.8) is 0 Å². The predicted octanol–water partition coefficient (Wildman–Crippen LogP) is 1.93. The molecule has 8 heteroatoms. The van der Waals surface area contributed by atoms with Crippen molar-refractivity contribution in [3.8, 4) is 0 Å². The molecular weight excluding hydrogens is 299 g/mol. The normalized spacial score (nSPS) is 12.3. The Kier molecular flexibility index (Phi) is 3.31. The molecule has 0 radical (unpaired) electrons. The first-order chi connectivity index (χ1) is 8.20. The fourth-order valence-electron chi connectivity index (χ4n) is 1.87. The van der Waals surface area contributed by atoms with Crippen molar-refractivity contribution < 1.29 is 17.5 Å². The van der Waals surface area contributed by atoms with E-state index in [9.17, 15) is 8.42 Å². The Balaban J connectivity index is 2.81. The minimum atomic E-state index is -4.13. The summed E-state index contributed by atoms with van der Waals surface area (Å²) < 4.78 is 34.3. The van der Waals surface area contributed by atoms with Gasteiger partial charge in [-0.25, -0.2) is 9.13 Å². The zero-order chi connectivity index (χ0) is 13.7. The molecule has 0 aliphatic rings. The monoisotopic (exact) mass is 309 g/mol. The minimum absolute atomic E-state index is 0.332. The lowest BCUT2D eigenvalue weighted by molar-refractivity contribution is -0.652. The third kappa shape index (κ3) is 2.33. The Hall–Kier alpha value is -0.820. The number of rotatable bonds is 2. The number of imidazole rings is 1. The molecule has 1 aromatic heterocycles. The van der Waals surface area contributed by atoms with Gasteiger partial charge in [0.1, 0.15) is 0 Å². The molecule has 98 valence electrons. The fraction of sp³-hybridized carbons (Fsp3) is 0.300. The lowest BCUT2D eigenvalue weighted by atomic mass is 10.3. The number of aryl methyl sites for hydroxylation is 1. The summed E-state index contributed by atoms with van der Waals surface area (Å²) in [6.45, 7) is 1.74. The third-order valence-corrected chi connectivity index (χ3v) is 4.14. The standard InChI is InChI=1S/C10H10Cl2N2O3S/c1-6-13(2)9-3-7(11)8(12)4-10(9)14(6)5-18(15,16)17/h3-4H,5H2,1-2H3/p+1. The van der Waals surface area contributed by atoms with Gasteiger partial charge in [-0.3, -0.25) is 4.55 Å². The van der Waals surface area contributed by atoms with Crippen LogP contribution in [0.25, 0.3) is 11.0 Å². The van der Waals surface area contributed by atoms with E-state index in [1.807, 2.05) is 0 Å². The largest absolute Gasteiger partial charge is 0.304 e. The van der Waals surface area contributed by atoms with Crippen molar-refractivity contribution in [3.05, 3.63) is 28.0 Å². The van der Waals surface area contributed by atoms with Crippen LogP contribution in [-0.4, -0.2) is 17.5 Å². The van der Waals surface area contributed by atoms with Crippen molar-refractivity contribution in [2.24, 2.45) is 7.05 Å². The number of nitrogens with zero attached hydrogens (tertiary/aromatic N) is 2. The lowest BCUT2D eigenvalue weighted by Gasteiger charge is -1.98. The van der Waals surface area contributed by atoms with E-state index >= 15 is 0 Å². The summed E-state index contributed by atoms with van der Waals surface area (Å²) in [5, 5.41) is 0.725. The van der Waals surface area contributed by atoms with E-state index in [1.165, 1.54) is 4.57 Å². The summed E-state index contributed by atoms with van der Waals surface area (Å²) in [6, 6.07) is 3.24. The summed E-state index contributed by atoms with van der Waals surface area (Å²) in [6.07, 6.45) is 0. The van der Waals surface area contributed by atoms with Crippen LogP contribution in [-0.2, 0) is 23.0 Å². The third-order valence-electron chi connectivity index (χ3n) is 2.84. The van der Waals surface area contributed by atoms with Gasteiger partial charge in [0.05, 0.1) is 17.1 Å². The number of benzene rings is 1. The number of aromatic nitrogens is 2. The van der Waals surface area contributed by atoms with E-state index < -0.39 is 16.0 Å². The van der Waals surface area contributed by atoms with Gasteiger partial charge in [-0.1, -0.05) is 23.2 Å². The molecule has 2 aromatic rings. The van der Waals surface area contributed by atoms with Crippen LogP contribution in [0.5, 0.6) is 0 Å². The number of hydrogen-bond donors (Lipinski definition) is 1. The lowest BCUT2D eigenvalue weighted by Crippen LogP contribution is -2.31. The van der Waals surface area contributed by atoms with Crippen LogP contribution in [0.1, 0.15) is 5.82 Å². The maximum absolute atomic E-state index is 11.0. The van der Waals surface area contributed by atoms with Gasteiger partial charge in [0.15, 0.2) is 11.0 Å². The molecule has 0 fully saturated rings. The second-order valence-corrected chi connectivity index (χ2v) is 6.24. The fourth-order valence-corrected chi connectivity index (χ4v) is 2.83. The molecule has 0 aliphatic heterocycles. The van der Waals surface area contributed by atoms with Gasteiger partial charge in [-0.15, -0.1) is 0 Å². The SMILES string of the molecule is Cc1n(CS(=O)(=O)O)c2cc(Cl)c(Cl)cc2[n+]1C. The maximum Gasteiger partial charge on any atom is 0.304 e. The molecule has 1 N–H and O–H groups in total. The number of fused-ring (bicyclic) bond motifs is 1. The van der Waals surface area contributed by atoms with Crippen LogP contribution in [0.3, 0.4) is 0 Å². The number of hydrogen-bond acceptors (Lipinski definition) is 2. The average Bonchev–Trinajstić information content (AvgIpc) is 2.44. The van der Waals surface area contributed by atoms with Crippen LogP contribution in [0, 0.1) is 6.92 Å². The van der Waals surface area contributed by atoms with Gasteiger partial charge in [0.25, 0.3) is 5.82 Å². The Labute approximate surface area is 114 Å². The molecule has 0 aliphatic carbocycles. The van der Waals surface area contributed by atoms with Gasteiger partial charge in [-0.2, -0.15) is 8.42 Å². The first kappa shape index (κ1) is 13.6. The Morgan fingerprint density at radius 3 is 2.44 bits per heavy atom. The summed E-state index contributed by atoms with van der Waals surface area (Å²) in [4.78, 5) is 0. The Bertz CT molecular complexity index is 737. The van der Waals surface area contributed by atoms with Crippen molar-refractivity contribution in [1.29, 1.82) is 0 Å². The van der Waals surface area contributed by atoms with E-state index in [4.69, 9.17) is 27.8 Å². The number of halogens is 2. The van der Waals surface area contributed by atoms with Crippen LogP contribution in [0.15, 0.2) is 12.1 Å². The molecule has 1 aromatic carbocycles. The second kappa shape index (κ2) is 4.38. The van der Waals surface area contributed by atoms with Gasteiger partial charge in [0, 0.05) is 19.1 Å². The molecule has 1 heterocycles. The molecule has 0 unspecified atom stereocenters. The summed E-state index contributed by atoms with van der Waals surface area (Å²) in [5.74, 6) is 0.148. The van der Waals surface area contributed by atoms with Crippen molar-refractivity contribution >= 4 is 44.4 Å². The van der Waals surface area contributed by atoms with E-state index in [1.54, 1.807) is 30.7 Å². The quantitative estimate of drug-likeness (QED) is 0.681. The maximum atomic E-state index is 11.0. The van der Waals surface area contributed by atoms with E-state index in [-0.39, 0.29) is 0 Å². The van der Waals surface area contributed by atoms with Gasteiger partial charge in [0.2, 0.25) is 5.88 Å². The average molecular weight is 310 g/mol. The highest BCUT2D eigenvalue weighted by atomic mass is 35.5. The summed E-state index contributed by atoms with van der Waals surface area (Å²) in [5.41, 5.74) is 1.34. The van der Waals surface area contributed by atoms with E-state index in [2.05, 4.69) is 0 Å². The predicted molar refractivity (Wildman–Crippen MR) is 69.4 cm³/mol. The molecule has 0 saturated heterocycles. The molecule has 0 atom stereocenters.